The predicted molar refractivity (Wildman–Crippen MR) is 97.4 cm³/mol. The summed E-state index contributed by atoms with van der Waals surface area (Å²) in [6, 6.07) is 13.4. The summed E-state index contributed by atoms with van der Waals surface area (Å²) < 4.78 is 1.97. The Morgan fingerprint density at radius 2 is 1.96 bits per heavy atom. The van der Waals surface area contributed by atoms with Crippen molar-refractivity contribution in [2.24, 2.45) is 0 Å². The Labute approximate surface area is 147 Å². The molecule has 0 saturated carbocycles. The van der Waals surface area contributed by atoms with Gasteiger partial charge in [-0.2, -0.15) is 5.10 Å². The van der Waals surface area contributed by atoms with Gasteiger partial charge in [0, 0.05) is 23.7 Å². The zero-order valence-electron chi connectivity index (χ0n) is 14.7. The number of nitrogens with zero attached hydrogens (tertiary/aromatic N) is 3. The summed E-state index contributed by atoms with van der Waals surface area (Å²) in [5, 5.41) is 7.47. The minimum absolute atomic E-state index is 0.0874. The monoisotopic (exact) mass is 334 g/mol. The van der Waals surface area contributed by atoms with Crippen LogP contribution in [0.3, 0.4) is 0 Å². The summed E-state index contributed by atoms with van der Waals surface area (Å²) in [5.74, 6) is -0.0889. The minimum Gasteiger partial charge on any atom is -0.345 e. The SMILES string of the molecule is Cc1cc(C)n(Cc2ccc(C(=O)NC(C)c3cccnc3)cc2)n1. The van der Waals surface area contributed by atoms with E-state index in [1.807, 2.05) is 61.9 Å². The van der Waals surface area contributed by atoms with Gasteiger partial charge >= 0.3 is 0 Å². The van der Waals surface area contributed by atoms with Crippen molar-refractivity contribution in [3.63, 3.8) is 0 Å². The van der Waals surface area contributed by atoms with E-state index in [9.17, 15) is 4.79 Å². The molecule has 0 spiro atoms. The van der Waals surface area contributed by atoms with Crippen LogP contribution >= 0.6 is 0 Å². The van der Waals surface area contributed by atoms with Crippen LogP contribution in [0.5, 0.6) is 0 Å². The van der Waals surface area contributed by atoms with E-state index < -0.39 is 0 Å². The van der Waals surface area contributed by atoms with Crippen molar-refractivity contribution in [2.75, 3.05) is 0 Å². The average molecular weight is 334 g/mol. The van der Waals surface area contributed by atoms with Crippen molar-refractivity contribution in [2.45, 2.75) is 33.4 Å². The molecule has 2 heterocycles. The molecule has 1 N–H and O–H groups in total. The summed E-state index contributed by atoms with van der Waals surface area (Å²) in [5.41, 5.74) is 4.88. The number of aryl methyl sites for hydroxylation is 2. The Bertz CT molecular complexity index is 853. The van der Waals surface area contributed by atoms with E-state index in [0.29, 0.717) is 12.1 Å². The molecular formula is C20H22N4O. The van der Waals surface area contributed by atoms with Gasteiger partial charge in [0.15, 0.2) is 0 Å². The summed E-state index contributed by atoms with van der Waals surface area (Å²) in [7, 11) is 0. The average Bonchev–Trinajstić information content (AvgIpc) is 2.93. The Balaban J connectivity index is 1.65. The van der Waals surface area contributed by atoms with E-state index in [-0.39, 0.29) is 11.9 Å². The molecule has 5 nitrogen and oxygen atoms in total. The molecule has 0 bridgehead atoms. The lowest BCUT2D eigenvalue weighted by Crippen LogP contribution is -2.26. The lowest BCUT2D eigenvalue weighted by molar-refractivity contribution is 0.0940. The third kappa shape index (κ3) is 4.12. The van der Waals surface area contributed by atoms with Gasteiger partial charge in [-0.25, -0.2) is 0 Å². The van der Waals surface area contributed by atoms with Crippen LogP contribution in [0.15, 0.2) is 54.9 Å². The third-order valence-corrected chi connectivity index (χ3v) is 4.18. The van der Waals surface area contributed by atoms with Crippen molar-refractivity contribution in [3.05, 3.63) is 82.9 Å². The molecule has 1 atom stereocenters. The Morgan fingerprint density at radius 1 is 1.20 bits per heavy atom. The molecule has 0 fully saturated rings. The summed E-state index contributed by atoms with van der Waals surface area (Å²) >= 11 is 0. The van der Waals surface area contributed by atoms with Gasteiger partial charge in [-0.05, 0) is 56.2 Å². The molecule has 128 valence electrons. The highest BCUT2D eigenvalue weighted by molar-refractivity contribution is 5.94. The maximum atomic E-state index is 12.4. The molecule has 0 aliphatic heterocycles. The van der Waals surface area contributed by atoms with Crippen molar-refractivity contribution < 1.29 is 4.79 Å². The Morgan fingerprint density at radius 3 is 2.56 bits per heavy atom. The number of nitrogens with one attached hydrogen (secondary N) is 1. The lowest BCUT2D eigenvalue weighted by Gasteiger charge is -2.14. The first kappa shape index (κ1) is 16.9. The maximum absolute atomic E-state index is 12.4. The van der Waals surface area contributed by atoms with E-state index in [0.717, 1.165) is 22.5 Å². The molecule has 25 heavy (non-hydrogen) atoms. The largest absolute Gasteiger partial charge is 0.345 e. The fourth-order valence-electron chi connectivity index (χ4n) is 2.76. The van der Waals surface area contributed by atoms with Crippen LogP contribution in [-0.4, -0.2) is 20.7 Å². The van der Waals surface area contributed by atoms with Gasteiger partial charge in [0.2, 0.25) is 0 Å². The first-order valence-corrected chi connectivity index (χ1v) is 8.33. The molecule has 5 heteroatoms. The highest BCUT2D eigenvalue weighted by Crippen LogP contribution is 2.13. The second kappa shape index (κ2) is 7.30. The number of hydrogen-bond donors (Lipinski definition) is 1. The van der Waals surface area contributed by atoms with E-state index in [1.165, 1.54) is 0 Å². The van der Waals surface area contributed by atoms with Gasteiger partial charge < -0.3 is 5.32 Å². The van der Waals surface area contributed by atoms with Gasteiger partial charge in [0.1, 0.15) is 0 Å². The van der Waals surface area contributed by atoms with Crippen molar-refractivity contribution in [1.82, 2.24) is 20.1 Å². The van der Waals surface area contributed by atoms with Crippen LogP contribution in [0.25, 0.3) is 0 Å². The van der Waals surface area contributed by atoms with Crippen LogP contribution in [0, 0.1) is 13.8 Å². The molecule has 1 aromatic carbocycles. The molecule has 1 amide bonds. The van der Waals surface area contributed by atoms with E-state index in [2.05, 4.69) is 21.5 Å². The summed E-state index contributed by atoms with van der Waals surface area (Å²) in [4.78, 5) is 16.5. The first-order chi connectivity index (χ1) is 12.0. The topological polar surface area (TPSA) is 59.8 Å². The van der Waals surface area contributed by atoms with Crippen LogP contribution in [-0.2, 0) is 6.54 Å². The molecule has 3 rings (SSSR count). The fraction of sp³-hybridized carbons (Fsp3) is 0.250. The van der Waals surface area contributed by atoms with E-state index in [1.54, 1.807) is 12.4 Å². The number of carbonyl (C=O) groups excluding carboxylic acids is 1. The number of amides is 1. The zero-order chi connectivity index (χ0) is 17.8. The number of carbonyl (C=O) groups is 1. The highest BCUT2D eigenvalue weighted by Gasteiger charge is 2.11. The van der Waals surface area contributed by atoms with Crippen LogP contribution < -0.4 is 5.32 Å². The van der Waals surface area contributed by atoms with E-state index in [4.69, 9.17) is 0 Å². The van der Waals surface area contributed by atoms with Gasteiger partial charge in [0.05, 0.1) is 18.3 Å². The zero-order valence-corrected chi connectivity index (χ0v) is 14.7. The first-order valence-electron chi connectivity index (χ1n) is 8.33. The molecule has 0 saturated heterocycles. The number of rotatable bonds is 5. The Kier molecular flexibility index (Phi) is 4.93. The van der Waals surface area contributed by atoms with Crippen molar-refractivity contribution in [1.29, 1.82) is 0 Å². The number of hydrogen-bond acceptors (Lipinski definition) is 3. The van der Waals surface area contributed by atoms with Gasteiger partial charge in [-0.3, -0.25) is 14.5 Å². The fourth-order valence-corrected chi connectivity index (χ4v) is 2.76. The van der Waals surface area contributed by atoms with Gasteiger partial charge in [-0.1, -0.05) is 18.2 Å². The minimum atomic E-state index is -0.0889. The number of pyridine rings is 1. The van der Waals surface area contributed by atoms with Crippen molar-refractivity contribution >= 4 is 5.91 Å². The molecule has 0 aliphatic rings. The van der Waals surface area contributed by atoms with E-state index >= 15 is 0 Å². The summed E-state index contributed by atoms with van der Waals surface area (Å²) in [6.07, 6.45) is 3.49. The third-order valence-electron chi connectivity index (χ3n) is 4.18. The van der Waals surface area contributed by atoms with Gasteiger partial charge in [0.25, 0.3) is 5.91 Å². The molecule has 0 aliphatic carbocycles. The molecular weight excluding hydrogens is 312 g/mol. The molecule has 1 unspecified atom stereocenters. The normalized spacial score (nSPS) is 12.0. The van der Waals surface area contributed by atoms with Crippen LogP contribution in [0.4, 0.5) is 0 Å². The smallest absolute Gasteiger partial charge is 0.251 e. The standard InChI is InChI=1S/C20H22N4O/c1-14-11-15(2)24(23-14)13-17-6-8-18(9-7-17)20(25)22-16(3)19-5-4-10-21-12-19/h4-12,16H,13H2,1-3H3,(H,22,25). The number of benzene rings is 1. The quantitative estimate of drug-likeness (QED) is 0.777. The predicted octanol–water partition coefficient (Wildman–Crippen LogP) is 3.43. The molecule has 0 radical (unpaired) electrons. The second-order valence-electron chi connectivity index (χ2n) is 6.26. The lowest BCUT2D eigenvalue weighted by atomic mass is 10.1. The Hall–Kier alpha value is -2.95. The highest BCUT2D eigenvalue weighted by atomic mass is 16.1. The second-order valence-corrected chi connectivity index (χ2v) is 6.26. The summed E-state index contributed by atoms with van der Waals surface area (Å²) in [6.45, 7) is 6.68. The molecule has 2 aromatic heterocycles. The van der Waals surface area contributed by atoms with Crippen LogP contribution in [0.1, 0.15) is 45.8 Å². The van der Waals surface area contributed by atoms with Crippen molar-refractivity contribution in [3.8, 4) is 0 Å². The number of aromatic nitrogens is 3. The molecule has 3 aromatic rings. The van der Waals surface area contributed by atoms with Crippen LogP contribution in [0.2, 0.25) is 0 Å². The maximum Gasteiger partial charge on any atom is 0.251 e. The van der Waals surface area contributed by atoms with Gasteiger partial charge in [-0.15, -0.1) is 0 Å².